The van der Waals surface area contributed by atoms with Gasteiger partial charge in [-0.25, -0.2) is 69.2 Å². The second-order valence-electron chi connectivity index (χ2n) is 38.6. The van der Waals surface area contributed by atoms with Gasteiger partial charge in [-0.05, 0) is 113 Å². The number of rotatable bonds is 24. The molecule has 0 amide bonds. The molecule has 0 bridgehead atoms. The van der Waals surface area contributed by atoms with Crippen LogP contribution in [0.2, 0.25) is 0 Å². The Morgan fingerprint density at radius 3 is 1.11 bits per heavy atom. The van der Waals surface area contributed by atoms with Gasteiger partial charge >= 0.3 is 0 Å². The first-order valence-corrected chi connectivity index (χ1v) is 49.7. The molecule has 6 aliphatic carbocycles. The smallest absolute Gasteiger partial charge is 0.276 e. The molecule has 0 aliphatic heterocycles. The van der Waals surface area contributed by atoms with Crippen molar-refractivity contribution >= 4 is 66.2 Å². The fourth-order valence-electron chi connectivity index (χ4n) is 22.6. The van der Waals surface area contributed by atoms with Gasteiger partial charge in [-0.2, -0.15) is 46.9 Å². The summed E-state index contributed by atoms with van der Waals surface area (Å²) in [4.78, 5) is 107. The Kier molecular flexibility index (Phi) is 30.6. The molecule has 18 N–H and O–H groups in total. The number of fused-ring (bicyclic) bond motifs is 6. The third kappa shape index (κ3) is 20.7. The monoisotopic (exact) mass is 2030 g/mol. The summed E-state index contributed by atoms with van der Waals surface area (Å²) in [6.45, 7) is 0. The molecule has 768 valence electrons. The predicted octanol–water partition coefficient (Wildman–Crippen LogP) is 9.56. The van der Waals surface area contributed by atoms with E-state index < -0.39 is 66.4 Å². The fraction of sp³-hybridized carbons (Fsp3) is 0.412. The van der Waals surface area contributed by atoms with Crippen LogP contribution in [-0.4, -0.2) is 249 Å². The van der Waals surface area contributed by atoms with Crippen molar-refractivity contribution in [1.82, 2.24) is 148 Å². The third-order valence-corrected chi connectivity index (χ3v) is 30.1. The number of H-pyrrole nitrogens is 9. The summed E-state index contributed by atoms with van der Waals surface area (Å²) >= 11 is 0. The van der Waals surface area contributed by atoms with Crippen LogP contribution in [-0.2, 0) is 0 Å². The van der Waals surface area contributed by atoms with Crippen molar-refractivity contribution in [3.63, 3.8) is 0 Å². The molecular weight excluding hydrogens is 1920 g/mol. The van der Waals surface area contributed by atoms with E-state index in [1.807, 2.05) is 67.4 Å². The number of aliphatic hydroxyl groups excluding tert-OH is 8. The maximum Gasteiger partial charge on any atom is 0.276 e. The molecule has 0 aromatic carbocycles. The van der Waals surface area contributed by atoms with Crippen LogP contribution in [0, 0.1) is 97.6 Å². The lowest BCUT2D eigenvalue weighted by molar-refractivity contribution is -0.0102. The summed E-state index contributed by atoms with van der Waals surface area (Å²) in [5.74, 6) is -0.917. The Morgan fingerprint density at radius 1 is 0.353 bits per heavy atom. The van der Waals surface area contributed by atoms with Gasteiger partial charge in [-0.1, -0.05) is 25.7 Å². The Bertz CT molecular complexity index is 8000. The van der Waals surface area contributed by atoms with Crippen LogP contribution in [0.5, 0.6) is 0 Å². The van der Waals surface area contributed by atoms with Gasteiger partial charge in [0, 0.05) is 153 Å². The third-order valence-electron chi connectivity index (χ3n) is 30.1. The molecule has 18 atom stereocenters. The van der Waals surface area contributed by atoms with Crippen LogP contribution in [0.25, 0.3) is 134 Å². The Labute approximate surface area is 851 Å². The zero-order valence-corrected chi connectivity index (χ0v) is 80.9. The van der Waals surface area contributed by atoms with E-state index in [9.17, 15) is 91.9 Å². The quantitative estimate of drug-likeness (QED) is 0.0267. The van der Waals surface area contributed by atoms with Crippen molar-refractivity contribution < 1.29 is 46.0 Å². The Morgan fingerprint density at radius 2 is 0.713 bits per heavy atom. The van der Waals surface area contributed by atoms with E-state index in [2.05, 4.69) is 157 Å². The Hall–Kier alpha value is -17.0. The number of hydrogen-bond donors (Lipinski definition) is 18. The molecule has 6 aliphatic rings. The molecule has 18 aromatic heterocycles. The number of aromatic amines is 9. The van der Waals surface area contributed by atoms with E-state index in [0.717, 1.165) is 128 Å². The van der Waals surface area contributed by atoms with Gasteiger partial charge in [0.1, 0.15) is 71.8 Å². The van der Waals surface area contributed by atoms with Crippen molar-refractivity contribution in [3.8, 4) is 104 Å². The molecule has 18 unspecified atom stereocenters. The average molecular weight is 2030 g/mol. The number of aromatic nitrogens is 30. The number of hydrogen-bond acceptors (Lipinski definition) is 33. The first kappa shape index (κ1) is 102. The van der Waals surface area contributed by atoms with E-state index >= 15 is 0 Å². The second-order valence-corrected chi connectivity index (χ2v) is 38.6. The molecule has 48 nitrogen and oxygen atoms in total. The van der Waals surface area contributed by atoms with Gasteiger partial charge in [0.15, 0.2) is 0 Å². The average Bonchev–Trinajstić information content (AvgIpc) is 1.62. The van der Waals surface area contributed by atoms with E-state index in [-0.39, 0.29) is 109 Å². The van der Waals surface area contributed by atoms with Crippen molar-refractivity contribution in [2.75, 3.05) is 0 Å². The highest BCUT2D eigenvalue weighted by Gasteiger charge is 2.46. The summed E-state index contributed by atoms with van der Waals surface area (Å²) in [5.41, 5.74) is 10.0. The lowest BCUT2D eigenvalue weighted by Gasteiger charge is -2.31. The molecule has 24 rings (SSSR count). The lowest BCUT2D eigenvalue weighted by atomic mass is 9.90. The number of nitrogens with one attached hydrogen (secondary N) is 9. The molecular formula is C102H108N36O12. The minimum absolute atomic E-state index is 0.0340. The molecule has 48 heteroatoms. The van der Waals surface area contributed by atoms with E-state index in [0.29, 0.717) is 109 Å². The van der Waals surface area contributed by atoms with Crippen LogP contribution in [0.1, 0.15) is 178 Å². The normalized spacial score (nSPS) is 22.3. The van der Waals surface area contributed by atoms with Gasteiger partial charge in [0.2, 0.25) is 0 Å². The highest BCUT2D eigenvalue weighted by atomic mass is 16.3. The largest absolute Gasteiger partial charge is 0.393 e. The number of nitrogens with zero attached hydrogens (tertiary/aromatic N) is 27. The summed E-state index contributed by atoms with van der Waals surface area (Å²) in [5, 5.41) is 174. The van der Waals surface area contributed by atoms with Gasteiger partial charge in [-0.15, -0.1) is 0 Å². The summed E-state index contributed by atoms with van der Waals surface area (Å²) < 4.78 is 9.61. The SMILES string of the molecule is N#CCC(C1C(O)CCC1O)n1cc(-c2ncnc3[nH]ccc23)cn1.N#CCC(C1CC(O)CC1O)n1cc(-c2ncnc3[nH]ccc23)cn1.N#CCC(C1CCC(O)C1O)n1cc(-c2ncnc3[nH]ccc23)cn1.N#CCC(C1CCCC1O)n1[nH]cc(-c2ncnc3[nH]ccc23)c1=O.N#CCC(C1CCCC1O)n1cc(-c2ncnc3[nH]ccc23)c(=O)[nH]1.N#CCC(n1[nH]cc(-c2ncnc3[nH]ccc23)c1=O)C1(O)CCCC1. The lowest BCUT2D eigenvalue weighted by Crippen LogP contribution is -2.41. The van der Waals surface area contributed by atoms with Crippen LogP contribution in [0.3, 0.4) is 0 Å². The molecule has 18 aromatic rings. The predicted molar refractivity (Wildman–Crippen MR) is 539 cm³/mol. The molecule has 6 saturated carbocycles. The van der Waals surface area contributed by atoms with Crippen molar-refractivity contribution in [3.05, 3.63) is 198 Å². The molecule has 0 saturated heterocycles. The highest BCUT2D eigenvalue weighted by Crippen LogP contribution is 2.45. The van der Waals surface area contributed by atoms with Crippen molar-refractivity contribution in [2.45, 2.75) is 232 Å². The molecule has 18 heterocycles. The Balaban J connectivity index is 0.000000113. The fourth-order valence-corrected chi connectivity index (χ4v) is 22.6. The zero-order chi connectivity index (χ0) is 104. The van der Waals surface area contributed by atoms with Crippen molar-refractivity contribution in [2.24, 2.45) is 29.6 Å². The molecule has 0 radical (unpaired) electrons. The summed E-state index contributed by atoms with van der Waals surface area (Å²) in [6, 6.07) is 21.9. The van der Waals surface area contributed by atoms with Crippen molar-refractivity contribution in [1.29, 1.82) is 31.6 Å². The van der Waals surface area contributed by atoms with Gasteiger partial charge in [0.05, 0.1) is 235 Å². The van der Waals surface area contributed by atoms with E-state index in [1.54, 1.807) is 80.7 Å². The topological polar surface area (TPSA) is 741 Å². The first-order chi connectivity index (χ1) is 73.1. The number of nitriles is 6. The van der Waals surface area contributed by atoms with Crippen LogP contribution < -0.4 is 16.7 Å². The van der Waals surface area contributed by atoms with Crippen LogP contribution >= 0.6 is 0 Å². The molecule has 6 fully saturated rings. The van der Waals surface area contributed by atoms with Crippen LogP contribution in [0.4, 0.5) is 0 Å². The maximum absolute atomic E-state index is 13.0. The second kappa shape index (κ2) is 45.1. The minimum atomic E-state index is -1.03. The highest BCUT2D eigenvalue weighted by molar-refractivity contribution is 5.94. The maximum atomic E-state index is 13.0. The molecule has 150 heavy (non-hydrogen) atoms. The summed E-state index contributed by atoms with van der Waals surface area (Å²) in [6.07, 6.45) is 42.1. The van der Waals surface area contributed by atoms with E-state index in [1.165, 1.54) is 47.3 Å². The standard InChI is InChI=1S/6C17H18N6O2/c18-3-1-14(13-5-11(24)6-15(13)25)23-8-10(7-22-23)16-12-2-4-19-17(12)21-9-20-16;18-5-3-12(15-13(24)1-2-14(15)25)23-8-10(7-22-23)16-11-4-6-19-17(11)21-9-20-16;18-5-3-13(11-1-2-14(24)16(11)25)23-8-10(7-22-23)15-12-4-6-19-17(12)21-9-20-15;18-7-3-13(17(25)5-1-2-6-17)23-16(24)12(9-22-23)14-11-4-8-19-15(11)21-10-20-14;18-6-4-13(10-2-1-3-14(10)24)23-8-12(17(25)22-23)15-11-5-7-19-16(11)21-9-20-15;18-6-4-13(10-2-1-3-14(10)24)23-17(25)12(8-22-23)15-11-5-7-19-16(11)21-9-20-15/h2,4,7-9,11,13-15,24-25H,1,5-6H2,(H,19,20,21);4,6-9,12-15,24-25H,1-3H2,(H,19,20,21);4,6-9,11,13-14,16,24-25H,1-3H2,(H,19,20,21);4,8-10,13,22,25H,1-3,5-6H2,(H,19,20,21);5,7-10,13-14,24H,1-4H2,(H,22,25)(H,19,20,21);5,7-10,13-14,22,24H,1-4H2,(H,19,20,21). The van der Waals surface area contributed by atoms with Gasteiger partial charge in [-0.3, -0.25) is 38.2 Å². The van der Waals surface area contributed by atoms with E-state index in [4.69, 9.17) is 0 Å². The molecule has 0 spiro atoms. The first-order valence-electron chi connectivity index (χ1n) is 49.7. The van der Waals surface area contributed by atoms with Gasteiger partial charge < -0.3 is 86.1 Å². The summed E-state index contributed by atoms with van der Waals surface area (Å²) in [7, 11) is 0. The van der Waals surface area contributed by atoms with Crippen LogP contribution in [0.15, 0.2) is 182 Å². The number of aliphatic hydroxyl groups is 9. The van der Waals surface area contributed by atoms with Gasteiger partial charge in [0.25, 0.3) is 16.7 Å². The minimum Gasteiger partial charge on any atom is -0.393 e. The zero-order valence-electron chi connectivity index (χ0n) is 80.9.